The molecular formula is C15H15N3O. The van der Waals surface area contributed by atoms with E-state index in [4.69, 9.17) is 4.99 Å². The normalized spacial score (nSPS) is 27.3. The Bertz CT molecular complexity index is 647. The number of aryl methyl sites for hydroxylation is 1. The molecule has 1 aliphatic carbocycles. The Hall–Kier alpha value is -2.10. The second kappa shape index (κ2) is 3.47. The van der Waals surface area contributed by atoms with Crippen molar-refractivity contribution in [2.45, 2.75) is 19.4 Å². The molecule has 0 radical (unpaired) electrons. The number of amides is 1. The van der Waals surface area contributed by atoms with Crippen LogP contribution < -0.4 is 4.90 Å². The van der Waals surface area contributed by atoms with Crippen molar-refractivity contribution in [2.24, 2.45) is 10.9 Å². The number of rotatable bonds is 0. The highest BCUT2D eigenvalue weighted by atomic mass is 16.2. The van der Waals surface area contributed by atoms with Crippen LogP contribution in [0.2, 0.25) is 0 Å². The molecule has 19 heavy (non-hydrogen) atoms. The molecule has 0 spiro atoms. The number of nitrogens with zero attached hydrogens (tertiary/aromatic N) is 3. The highest BCUT2D eigenvalue weighted by Gasteiger charge is 2.41. The van der Waals surface area contributed by atoms with Gasteiger partial charge in [-0.25, -0.2) is 4.99 Å². The zero-order valence-electron chi connectivity index (χ0n) is 11.0. The van der Waals surface area contributed by atoms with E-state index in [0.29, 0.717) is 12.0 Å². The average molecular weight is 253 g/mol. The van der Waals surface area contributed by atoms with E-state index < -0.39 is 0 Å². The van der Waals surface area contributed by atoms with Gasteiger partial charge in [-0.1, -0.05) is 17.7 Å². The van der Waals surface area contributed by atoms with Gasteiger partial charge in [0.05, 0.1) is 17.3 Å². The fourth-order valence-corrected chi connectivity index (χ4v) is 2.77. The third-order valence-corrected chi connectivity index (χ3v) is 4.03. The molecule has 1 aromatic carbocycles. The van der Waals surface area contributed by atoms with E-state index in [-0.39, 0.29) is 5.91 Å². The van der Waals surface area contributed by atoms with Gasteiger partial charge in [0.25, 0.3) is 5.91 Å². The first-order chi connectivity index (χ1) is 9.15. The van der Waals surface area contributed by atoms with E-state index in [2.05, 4.69) is 12.3 Å². The number of aliphatic imine (C=N–C) groups is 1. The molecule has 0 bridgehead atoms. The zero-order valence-corrected chi connectivity index (χ0v) is 11.0. The molecular weight excluding hydrogens is 238 g/mol. The Morgan fingerprint density at radius 2 is 2.21 bits per heavy atom. The Kier molecular flexibility index (Phi) is 1.97. The second-order valence-electron chi connectivity index (χ2n) is 5.49. The van der Waals surface area contributed by atoms with E-state index in [1.54, 1.807) is 11.9 Å². The van der Waals surface area contributed by atoms with Gasteiger partial charge in [-0.05, 0) is 25.5 Å². The Morgan fingerprint density at radius 1 is 1.37 bits per heavy atom. The average Bonchev–Trinajstić information content (AvgIpc) is 3.14. The van der Waals surface area contributed by atoms with Crippen molar-refractivity contribution in [3.63, 3.8) is 0 Å². The predicted molar refractivity (Wildman–Crippen MR) is 74.2 cm³/mol. The molecule has 4 nitrogen and oxygen atoms in total. The van der Waals surface area contributed by atoms with Crippen molar-refractivity contribution in [2.75, 3.05) is 11.9 Å². The summed E-state index contributed by atoms with van der Waals surface area (Å²) < 4.78 is 0. The maximum atomic E-state index is 12.5. The molecule has 96 valence electrons. The minimum absolute atomic E-state index is 0.0289. The van der Waals surface area contributed by atoms with Crippen molar-refractivity contribution >= 4 is 17.6 Å². The SMILES string of the molecule is Cc1ccc2c(c1)C(=O)N(C)C1=NC3C[C@@H]3C=CN12. The van der Waals surface area contributed by atoms with Crippen molar-refractivity contribution < 1.29 is 4.79 Å². The van der Waals surface area contributed by atoms with Crippen LogP contribution in [0.3, 0.4) is 0 Å². The van der Waals surface area contributed by atoms with Gasteiger partial charge in [0.2, 0.25) is 5.96 Å². The fraction of sp³-hybridized carbons (Fsp3) is 0.333. The maximum absolute atomic E-state index is 12.5. The number of fused-ring (bicyclic) bond motifs is 4. The third kappa shape index (κ3) is 1.46. The Labute approximate surface area is 112 Å². The molecule has 1 saturated carbocycles. The fourth-order valence-electron chi connectivity index (χ4n) is 2.77. The first-order valence-electron chi connectivity index (χ1n) is 6.59. The largest absolute Gasteiger partial charge is 0.287 e. The molecule has 0 N–H and O–H groups in total. The van der Waals surface area contributed by atoms with Crippen LogP contribution in [-0.4, -0.2) is 29.9 Å². The minimum atomic E-state index is 0.0289. The third-order valence-electron chi connectivity index (χ3n) is 4.03. The van der Waals surface area contributed by atoms with Crippen LogP contribution in [0.5, 0.6) is 0 Å². The number of carbonyl (C=O) groups excluding carboxylic acids is 1. The van der Waals surface area contributed by atoms with E-state index >= 15 is 0 Å². The quantitative estimate of drug-likeness (QED) is 0.710. The lowest BCUT2D eigenvalue weighted by Gasteiger charge is -2.34. The van der Waals surface area contributed by atoms with Gasteiger partial charge in [-0.2, -0.15) is 0 Å². The summed E-state index contributed by atoms with van der Waals surface area (Å²) in [6.07, 6.45) is 5.37. The monoisotopic (exact) mass is 253 g/mol. The number of carbonyl (C=O) groups is 1. The molecule has 0 saturated heterocycles. The van der Waals surface area contributed by atoms with Crippen LogP contribution in [-0.2, 0) is 0 Å². The number of hydrogen-bond acceptors (Lipinski definition) is 3. The first-order valence-corrected chi connectivity index (χ1v) is 6.59. The van der Waals surface area contributed by atoms with Gasteiger partial charge >= 0.3 is 0 Å². The summed E-state index contributed by atoms with van der Waals surface area (Å²) in [4.78, 5) is 20.9. The van der Waals surface area contributed by atoms with Gasteiger partial charge < -0.3 is 0 Å². The smallest absolute Gasteiger partial charge is 0.262 e. The lowest BCUT2D eigenvalue weighted by molar-refractivity contribution is 0.0865. The van der Waals surface area contributed by atoms with Gasteiger partial charge in [0.1, 0.15) is 0 Å². The summed E-state index contributed by atoms with van der Waals surface area (Å²) in [5, 5.41) is 0. The maximum Gasteiger partial charge on any atom is 0.262 e. The van der Waals surface area contributed by atoms with Crippen LogP contribution in [0.25, 0.3) is 0 Å². The van der Waals surface area contributed by atoms with Gasteiger partial charge in [0.15, 0.2) is 0 Å². The number of benzene rings is 1. The van der Waals surface area contributed by atoms with Crippen LogP contribution in [0.4, 0.5) is 5.69 Å². The standard InChI is InChI=1S/C15H15N3O/c1-9-3-4-13-11(7-9)14(19)17(2)15-16-12-8-10(12)5-6-18(13)15/h3-7,10,12H,8H2,1-2H3/t10-,12?/m0/s1. The minimum Gasteiger partial charge on any atom is -0.287 e. The first kappa shape index (κ1) is 10.8. The second-order valence-corrected chi connectivity index (χ2v) is 5.49. The molecule has 0 aromatic heterocycles. The molecule has 2 atom stereocenters. The van der Waals surface area contributed by atoms with Crippen molar-refractivity contribution in [1.29, 1.82) is 0 Å². The van der Waals surface area contributed by atoms with E-state index in [9.17, 15) is 4.79 Å². The summed E-state index contributed by atoms with van der Waals surface area (Å²) in [5.74, 6) is 1.33. The summed E-state index contributed by atoms with van der Waals surface area (Å²) >= 11 is 0. The van der Waals surface area contributed by atoms with E-state index in [0.717, 1.165) is 29.2 Å². The lowest BCUT2D eigenvalue weighted by atomic mass is 10.1. The van der Waals surface area contributed by atoms with Crippen molar-refractivity contribution in [1.82, 2.24) is 4.90 Å². The van der Waals surface area contributed by atoms with Gasteiger partial charge in [0, 0.05) is 19.2 Å². The number of hydrogen-bond donors (Lipinski definition) is 0. The van der Waals surface area contributed by atoms with Crippen LogP contribution >= 0.6 is 0 Å². The summed E-state index contributed by atoms with van der Waals surface area (Å²) in [6, 6.07) is 6.35. The highest BCUT2D eigenvalue weighted by Crippen LogP contribution is 2.40. The molecule has 1 amide bonds. The zero-order chi connectivity index (χ0) is 13.1. The van der Waals surface area contributed by atoms with Crippen LogP contribution in [0.1, 0.15) is 22.3 Å². The molecule has 2 aliphatic heterocycles. The van der Waals surface area contributed by atoms with Gasteiger partial charge in [-0.15, -0.1) is 0 Å². The molecule has 4 heteroatoms. The summed E-state index contributed by atoms with van der Waals surface area (Å²) in [5.41, 5.74) is 2.79. The summed E-state index contributed by atoms with van der Waals surface area (Å²) in [7, 11) is 1.80. The van der Waals surface area contributed by atoms with Crippen LogP contribution in [0, 0.1) is 12.8 Å². The van der Waals surface area contributed by atoms with E-state index in [1.807, 2.05) is 30.0 Å². The molecule has 1 unspecified atom stereocenters. The molecule has 1 fully saturated rings. The lowest BCUT2D eigenvalue weighted by Crippen LogP contribution is -2.48. The van der Waals surface area contributed by atoms with Crippen molar-refractivity contribution in [3.05, 3.63) is 41.6 Å². The molecule has 4 rings (SSSR count). The summed E-state index contributed by atoms with van der Waals surface area (Å²) in [6.45, 7) is 2.00. The highest BCUT2D eigenvalue weighted by molar-refractivity contribution is 6.19. The Balaban J connectivity index is 1.93. The topological polar surface area (TPSA) is 35.9 Å². The van der Waals surface area contributed by atoms with E-state index in [1.165, 1.54) is 0 Å². The molecule has 1 aromatic rings. The van der Waals surface area contributed by atoms with Crippen LogP contribution in [0.15, 0.2) is 35.5 Å². The van der Waals surface area contributed by atoms with Gasteiger partial charge in [-0.3, -0.25) is 14.6 Å². The number of anilines is 1. The molecule has 2 heterocycles. The van der Waals surface area contributed by atoms with Crippen molar-refractivity contribution in [3.8, 4) is 0 Å². The predicted octanol–water partition coefficient (Wildman–Crippen LogP) is 2.16. The number of guanidine groups is 1. The molecule has 3 aliphatic rings. The Morgan fingerprint density at radius 3 is 3.05 bits per heavy atom.